The zero-order chi connectivity index (χ0) is 54.5. The summed E-state index contributed by atoms with van der Waals surface area (Å²) in [5.41, 5.74) is 7.65. The standard InChI is InChI=1S/C66H57FN4O8/c67-52-30-27-45(28-31-52)56(73)36-35-55-60(54-34-29-47(39-57(54)78-41-44-14-5-1-6-15-44)46-16-13-17-48(38-46)64-63(76)62(75)61(74)58(40-72)79-64)71(65(55)77)53-32-24-43(25-33-53)26-37-59-68-42-70(69-59)66(49-18-7-2-8-19-49,50-20-9-3-10-21-50)51-22-11-4-12-23-51/h1-25,27-34,38-39,42,55-56,58,60-64,72-76H,35-36,40-41H2/t55-,56+,58-,60-,61-,62+,63-,64+/m1/s1. The van der Waals surface area contributed by atoms with Crippen LogP contribution in [0.15, 0.2) is 219 Å². The van der Waals surface area contributed by atoms with Crippen LogP contribution in [0.5, 0.6) is 5.75 Å². The van der Waals surface area contributed by atoms with Crippen molar-refractivity contribution in [2.75, 3.05) is 11.5 Å². The number of aliphatic hydroxyl groups is 5. The average Bonchev–Trinajstić information content (AvgIpc) is 4.21. The number of aliphatic hydroxyl groups excluding tert-OH is 5. The molecule has 3 heterocycles. The van der Waals surface area contributed by atoms with Gasteiger partial charge >= 0.3 is 0 Å². The summed E-state index contributed by atoms with van der Waals surface area (Å²) in [6, 6.07) is 66.0. The molecule has 13 heteroatoms. The highest BCUT2D eigenvalue weighted by Gasteiger charge is 2.50. The number of ether oxygens (including phenoxy) is 2. The van der Waals surface area contributed by atoms with Crippen molar-refractivity contribution in [1.29, 1.82) is 0 Å². The van der Waals surface area contributed by atoms with Crippen LogP contribution in [0, 0.1) is 23.6 Å². The van der Waals surface area contributed by atoms with Gasteiger partial charge in [0.25, 0.3) is 0 Å². The number of carbonyl (C=O) groups is 1. The van der Waals surface area contributed by atoms with E-state index in [2.05, 4.69) is 48.2 Å². The zero-order valence-electron chi connectivity index (χ0n) is 42.9. The van der Waals surface area contributed by atoms with Gasteiger partial charge in [0.2, 0.25) is 11.7 Å². The molecular weight excluding hydrogens is 996 g/mol. The van der Waals surface area contributed by atoms with E-state index in [-0.39, 0.29) is 18.9 Å². The molecule has 0 bridgehead atoms. The van der Waals surface area contributed by atoms with Gasteiger partial charge in [0.1, 0.15) is 60.6 Å². The van der Waals surface area contributed by atoms with Gasteiger partial charge in [-0.2, -0.15) is 0 Å². The van der Waals surface area contributed by atoms with E-state index in [0.717, 1.165) is 38.9 Å². The molecule has 2 fully saturated rings. The number of hydrogen-bond acceptors (Lipinski definition) is 10. The van der Waals surface area contributed by atoms with Crippen LogP contribution in [0.2, 0.25) is 0 Å². The van der Waals surface area contributed by atoms with E-state index in [1.165, 1.54) is 12.1 Å². The number of aromatic nitrogens is 3. The number of halogens is 1. The van der Waals surface area contributed by atoms with Crippen LogP contribution in [-0.2, 0) is 21.7 Å². The monoisotopic (exact) mass is 1050 g/mol. The van der Waals surface area contributed by atoms with Crippen molar-refractivity contribution in [3.05, 3.63) is 275 Å². The van der Waals surface area contributed by atoms with Crippen LogP contribution < -0.4 is 9.64 Å². The number of anilines is 1. The second-order valence-electron chi connectivity index (χ2n) is 19.9. The maximum absolute atomic E-state index is 14.6. The van der Waals surface area contributed by atoms with Crippen LogP contribution in [0.25, 0.3) is 11.1 Å². The predicted octanol–water partition coefficient (Wildman–Crippen LogP) is 9.64. The van der Waals surface area contributed by atoms with Gasteiger partial charge in [0.15, 0.2) is 0 Å². The summed E-state index contributed by atoms with van der Waals surface area (Å²) in [6.45, 7) is -0.342. The lowest BCUT2D eigenvalue weighted by atomic mass is 9.77. The number of rotatable bonds is 16. The minimum Gasteiger partial charge on any atom is -0.489 e. The molecule has 79 heavy (non-hydrogen) atoms. The van der Waals surface area contributed by atoms with E-state index in [9.17, 15) is 34.7 Å². The predicted molar refractivity (Wildman–Crippen MR) is 297 cm³/mol. The Morgan fingerprint density at radius 1 is 0.671 bits per heavy atom. The summed E-state index contributed by atoms with van der Waals surface area (Å²) in [5, 5.41) is 58.3. The smallest absolute Gasteiger partial charge is 0.233 e. The van der Waals surface area contributed by atoms with Crippen LogP contribution in [0.4, 0.5) is 10.1 Å². The fraction of sp³-hybridized carbons (Fsp3) is 0.197. The molecule has 2 aliphatic rings. The molecule has 0 aliphatic carbocycles. The summed E-state index contributed by atoms with van der Waals surface area (Å²) in [5.74, 6) is 6.12. The highest BCUT2D eigenvalue weighted by Crippen LogP contribution is 2.50. The molecule has 8 atom stereocenters. The maximum atomic E-state index is 14.6. The minimum absolute atomic E-state index is 0.145. The number of hydrogen-bond donors (Lipinski definition) is 5. The molecule has 1 amide bonds. The Bertz CT molecular complexity index is 3480. The van der Waals surface area contributed by atoms with Crippen molar-refractivity contribution in [3.8, 4) is 28.7 Å². The third-order valence-electron chi connectivity index (χ3n) is 15.1. The molecule has 0 unspecified atom stereocenters. The van der Waals surface area contributed by atoms with E-state index in [1.807, 2.05) is 144 Å². The Balaban J connectivity index is 0.925. The second-order valence-corrected chi connectivity index (χ2v) is 19.9. The first-order valence-corrected chi connectivity index (χ1v) is 26.3. The summed E-state index contributed by atoms with van der Waals surface area (Å²) >= 11 is 0. The molecule has 2 saturated heterocycles. The normalized spacial score (nSPS) is 20.4. The Morgan fingerprint density at radius 2 is 1.29 bits per heavy atom. The molecule has 9 aromatic rings. The molecule has 1 aromatic heterocycles. The van der Waals surface area contributed by atoms with Crippen molar-refractivity contribution < 1.29 is 44.2 Å². The molecule has 2 aliphatic heterocycles. The molecule has 0 radical (unpaired) electrons. The van der Waals surface area contributed by atoms with Crippen molar-refractivity contribution in [2.45, 2.75) is 67.7 Å². The van der Waals surface area contributed by atoms with Crippen molar-refractivity contribution in [1.82, 2.24) is 14.8 Å². The van der Waals surface area contributed by atoms with Crippen molar-refractivity contribution in [3.63, 3.8) is 0 Å². The number of nitrogens with zero attached hydrogens (tertiary/aromatic N) is 4. The van der Waals surface area contributed by atoms with E-state index in [1.54, 1.807) is 35.5 Å². The largest absolute Gasteiger partial charge is 0.489 e. The summed E-state index contributed by atoms with van der Waals surface area (Å²) in [6.07, 6.45) is -5.30. The van der Waals surface area contributed by atoms with Gasteiger partial charge in [-0.1, -0.05) is 170 Å². The molecule has 11 rings (SSSR count). The molecule has 0 saturated carbocycles. The van der Waals surface area contributed by atoms with E-state index in [4.69, 9.17) is 19.6 Å². The highest BCUT2D eigenvalue weighted by molar-refractivity contribution is 6.03. The van der Waals surface area contributed by atoms with Crippen LogP contribution in [0.3, 0.4) is 0 Å². The Kier molecular flexibility index (Phi) is 15.4. The van der Waals surface area contributed by atoms with Gasteiger partial charge < -0.3 is 39.9 Å². The topological polar surface area (TPSA) is 171 Å². The third-order valence-corrected chi connectivity index (χ3v) is 15.1. The van der Waals surface area contributed by atoms with Crippen molar-refractivity contribution >= 4 is 11.6 Å². The van der Waals surface area contributed by atoms with Crippen LogP contribution in [-0.4, -0.2) is 77.2 Å². The van der Waals surface area contributed by atoms with Crippen LogP contribution in [0.1, 0.15) is 81.4 Å². The second kappa shape index (κ2) is 23.2. The lowest BCUT2D eigenvalue weighted by molar-refractivity contribution is -0.231. The highest BCUT2D eigenvalue weighted by atomic mass is 19.1. The van der Waals surface area contributed by atoms with E-state index < -0.39 is 66.5 Å². The van der Waals surface area contributed by atoms with E-state index >= 15 is 0 Å². The summed E-state index contributed by atoms with van der Waals surface area (Å²) in [7, 11) is 0. The first-order valence-electron chi connectivity index (χ1n) is 26.3. The number of β-lactam (4-membered cyclic amide) rings is 1. The third kappa shape index (κ3) is 10.6. The molecule has 396 valence electrons. The average molecular weight is 1050 g/mol. The van der Waals surface area contributed by atoms with Crippen LogP contribution >= 0.6 is 0 Å². The molecule has 5 N–H and O–H groups in total. The molecule has 0 spiro atoms. The number of amides is 1. The van der Waals surface area contributed by atoms with Gasteiger partial charge in [-0.15, -0.1) is 5.10 Å². The molecule has 8 aromatic carbocycles. The van der Waals surface area contributed by atoms with Gasteiger partial charge in [0.05, 0.1) is 24.7 Å². The quantitative estimate of drug-likeness (QED) is 0.0357. The van der Waals surface area contributed by atoms with Crippen molar-refractivity contribution in [2.24, 2.45) is 5.92 Å². The summed E-state index contributed by atoms with van der Waals surface area (Å²) in [4.78, 5) is 21.1. The lowest BCUT2D eigenvalue weighted by Gasteiger charge is -2.48. The Labute approximate surface area is 457 Å². The zero-order valence-corrected chi connectivity index (χ0v) is 42.9. The Hall–Kier alpha value is -8.58. The van der Waals surface area contributed by atoms with Gasteiger partial charge in [-0.05, 0) is 112 Å². The van der Waals surface area contributed by atoms with E-state index in [0.29, 0.717) is 40.4 Å². The summed E-state index contributed by atoms with van der Waals surface area (Å²) < 4.78 is 28.4. The molecular formula is C66H57FN4O8. The fourth-order valence-corrected chi connectivity index (χ4v) is 11.0. The number of carbonyl (C=O) groups excluding carboxylic acids is 1. The van der Waals surface area contributed by atoms with Gasteiger partial charge in [-0.25, -0.2) is 14.1 Å². The van der Waals surface area contributed by atoms with Gasteiger partial charge in [0, 0.05) is 16.8 Å². The fourth-order valence-electron chi connectivity index (χ4n) is 11.0. The Morgan fingerprint density at radius 3 is 1.92 bits per heavy atom. The maximum Gasteiger partial charge on any atom is 0.233 e. The van der Waals surface area contributed by atoms with Gasteiger partial charge in [-0.3, -0.25) is 4.79 Å². The first kappa shape index (κ1) is 52.5. The molecule has 12 nitrogen and oxygen atoms in total. The number of benzene rings is 8. The minimum atomic E-state index is -1.54. The SMILES string of the molecule is O=C1[C@H](CC[C@H](O)c2ccc(F)cc2)[C@@H](c2ccc(-c3cccc([C@@H]4O[C@H](CO)[C@@H](O)[C@H](O)[C@H]4O)c3)cc2OCc2ccccc2)N1c1ccc(C#Cc2ncn(C(c3ccccc3)(c3ccccc3)c3ccccc3)n2)cc1. The lowest BCUT2D eigenvalue weighted by Crippen LogP contribution is -2.55. The first-order chi connectivity index (χ1) is 38.6.